The van der Waals surface area contributed by atoms with Crippen LogP contribution in [0.5, 0.6) is 0 Å². The van der Waals surface area contributed by atoms with Crippen LogP contribution in [0.15, 0.2) is 61.2 Å². The van der Waals surface area contributed by atoms with Gasteiger partial charge in [-0.1, -0.05) is 42.5 Å². The highest BCUT2D eigenvalue weighted by Gasteiger charge is 2.15. The van der Waals surface area contributed by atoms with Gasteiger partial charge in [0.1, 0.15) is 12.0 Å². The van der Waals surface area contributed by atoms with Crippen molar-refractivity contribution < 1.29 is 0 Å². The van der Waals surface area contributed by atoms with E-state index in [-0.39, 0.29) is 0 Å². The molecule has 3 aromatic heterocycles. The predicted octanol–water partition coefficient (Wildman–Crippen LogP) is 4.71. The molecule has 4 heteroatoms. The van der Waals surface area contributed by atoms with E-state index in [9.17, 15) is 0 Å². The van der Waals surface area contributed by atoms with Gasteiger partial charge >= 0.3 is 0 Å². The van der Waals surface area contributed by atoms with Crippen LogP contribution in [0.2, 0.25) is 0 Å². The van der Waals surface area contributed by atoms with Crippen LogP contribution in [0.3, 0.4) is 0 Å². The third-order valence-electron chi connectivity index (χ3n) is 4.82. The maximum Gasteiger partial charge on any atom is 0.146 e. The van der Waals surface area contributed by atoms with Crippen LogP contribution in [-0.4, -0.2) is 19.4 Å². The van der Waals surface area contributed by atoms with Crippen molar-refractivity contribution in [2.75, 3.05) is 0 Å². The first-order valence-electron chi connectivity index (χ1n) is 8.30. The van der Waals surface area contributed by atoms with Crippen molar-refractivity contribution in [2.24, 2.45) is 0 Å². The second-order valence-corrected chi connectivity index (χ2v) is 6.39. The molecular weight excluding hydrogens is 308 g/mol. The predicted molar refractivity (Wildman–Crippen MR) is 101 cm³/mol. The molecule has 3 heterocycles. The van der Waals surface area contributed by atoms with Gasteiger partial charge in [0, 0.05) is 22.5 Å². The summed E-state index contributed by atoms with van der Waals surface area (Å²) < 4.78 is 2.11. The zero-order valence-corrected chi connectivity index (χ0v) is 14.1. The lowest BCUT2D eigenvalue weighted by Gasteiger charge is -2.05. The standard InChI is InChI=1S/C21H16N4/c1-13-6-5-7-14(2)19(13)17-11-25-18-10-22-12-23-20(18)15-8-3-4-9-16(15)21(25)24-17/h3-12H,1-2H3. The number of aryl methyl sites for hydroxylation is 2. The van der Waals surface area contributed by atoms with Gasteiger partial charge in [-0.05, 0) is 25.0 Å². The van der Waals surface area contributed by atoms with Gasteiger partial charge in [-0.15, -0.1) is 0 Å². The number of hydrogen-bond donors (Lipinski definition) is 0. The summed E-state index contributed by atoms with van der Waals surface area (Å²) in [7, 11) is 0. The van der Waals surface area contributed by atoms with E-state index in [1.807, 2.05) is 18.3 Å². The summed E-state index contributed by atoms with van der Waals surface area (Å²) >= 11 is 0. The molecule has 0 spiro atoms. The number of hydrogen-bond acceptors (Lipinski definition) is 3. The van der Waals surface area contributed by atoms with Crippen LogP contribution in [0.1, 0.15) is 11.1 Å². The van der Waals surface area contributed by atoms with Crippen LogP contribution >= 0.6 is 0 Å². The molecule has 0 amide bonds. The van der Waals surface area contributed by atoms with Crippen molar-refractivity contribution in [3.8, 4) is 11.3 Å². The summed E-state index contributed by atoms with van der Waals surface area (Å²) in [5.41, 5.74) is 7.50. The molecule has 0 saturated heterocycles. The first kappa shape index (κ1) is 14.1. The van der Waals surface area contributed by atoms with Crippen molar-refractivity contribution in [3.05, 3.63) is 72.3 Å². The molecule has 2 aromatic carbocycles. The first-order valence-corrected chi connectivity index (χ1v) is 8.30. The largest absolute Gasteiger partial charge is 0.295 e. The highest BCUT2D eigenvalue weighted by Crippen LogP contribution is 2.32. The third kappa shape index (κ3) is 1.97. The fourth-order valence-electron chi connectivity index (χ4n) is 3.68. The maximum absolute atomic E-state index is 4.99. The Bertz CT molecular complexity index is 1170. The second kappa shape index (κ2) is 5.11. The van der Waals surface area contributed by atoms with E-state index in [2.05, 4.69) is 64.7 Å². The third-order valence-corrected chi connectivity index (χ3v) is 4.82. The molecule has 120 valence electrons. The van der Waals surface area contributed by atoms with Gasteiger partial charge in [-0.25, -0.2) is 15.0 Å². The highest BCUT2D eigenvalue weighted by atomic mass is 15.0. The molecule has 4 nitrogen and oxygen atoms in total. The molecule has 5 rings (SSSR count). The van der Waals surface area contributed by atoms with Crippen LogP contribution in [-0.2, 0) is 0 Å². The number of benzene rings is 2. The van der Waals surface area contributed by atoms with Gasteiger partial charge < -0.3 is 0 Å². The molecule has 0 bridgehead atoms. The highest BCUT2D eigenvalue weighted by molar-refractivity contribution is 6.10. The second-order valence-electron chi connectivity index (χ2n) is 6.39. The summed E-state index contributed by atoms with van der Waals surface area (Å²) in [6.07, 6.45) is 5.56. The molecule has 0 saturated carbocycles. The number of rotatable bonds is 1. The summed E-state index contributed by atoms with van der Waals surface area (Å²) in [6.45, 7) is 4.26. The van der Waals surface area contributed by atoms with Crippen LogP contribution in [0.4, 0.5) is 0 Å². The summed E-state index contributed by atoms with van der Waals surface area (Å²) in [5.74, 6) is 0. The average Bonchev–Trinajstić information content (AvgIpc) is 3.07. The van der Waals surface area contributed by atoms with Crippen molar-refractivity contribution in [1.29, 1.82) is 0 Å². The van der Waals surface area contributed by atoms with Gasteiger partial charge in [0.2, 0.25) is 0 Å². The average molecular weight is 324 g/mol. The smallest absolute Gasteiger partial charge is 0.146 e. The maximum atomic E-state index is 4.99. The molecule has 0 unspecified atom stereocenters. The number of pyridine rings is 1. The normalized spacial score (nSPS) is 11.6. The minimum Gasteiger partial charge on any atom is -0.295 e. The SMILES string of the molecule is Cc1cccc(C)c1-c1cn2c3cncnc3c3ccccc3c2n1. The fourth-order valence-corrected chi connectivity index (χ4v) is 3.68. The molecule has 0 atom stereocenters. The summed E-state index contributed by atoms with van der Waals surface area (Å²) in [6, 6.07) is 14.6. The summed E-state index contributed by atoms with van der Waals surface area (Å²) in [5, 5.41) is 2.21. The van der Waals surface area contributed by atoms with E-state index in [0.717, 1.165) is 33.1 Å². The molecule has 0 N–H and O–H groups in total. The Morgan fingerprint density at radius 1 is 0.880 bits per heavy atom. The molecule has 0 radical (unpaired) electrons. The van der Waals surface area contributed by atoms with Crippen LogP contribution < -0.4 is 0 Å². The first-order chi connectivity index (χ1) is 12.2. The minimum atomic E-state index is 0.940. The minimum absolute atomic E-state index is 0.940. The monoisotopic (exact) mass is 324 g/mol. The Balaban J connectivity index is 1.98. The van der Waals surface area contributed by atoms with Gasteiger partial charge in [-0.2, -0.15) is 0 Å². The zero-order chi connectivity index (χ0) is 17.0. The molecular formula is C21H16N4. The number of aromatic nitrogens is 4. The topological polar surface area (TPSA) is 43.1 Å². The van der Waals surface area contributed by atoms with Crippen molar-refractivity contribution in [2.45, 2.75) is 13.8 Å². The van der Waals surface area contributed by atoms with Gasteiger partial charge in [0.05, 0.1) is 22.9 Å². The number of fused-ring (bicyclic) bond motifs is 6. The van der Waals surface area contributed by atoms with Crippen molar-refractivity contribution in [1.82, 2.24) is 19.4 Å². The summed E-state index contributed by atoms with van der Waals surface area (Å²) in [4.78, 5) is 13.7. The van der Waals surface area contributed by atoms with E-state index in [0.29, 0.717) is 0 Å². The Morgan fingerprint density at radius 3 is 2.44 bits per heavy atom. The Labute approximate surface area is 144 Å². The molecule has 25 heavy (non-hydrogen) atoms. The van der Waals surface area contributed by atoms with E-state index >= 15 is 0 Å². The molecule has 0 fully saturated rings. The van der Waals surface area contributed by atoms with Crippen LogP contribution in [0.25, 0.3) is 38.7 Å². The number of imidazole rings is 1. The zero-order valence-electron chi connectivity index (χ0n) is 14.1. The molecule has 5 aromatic rings. The quantitative estimate of drug-likeness (QED) is 0.419. The van der Waals surface area contributed by atoms with E-state index in [1.165, 1.54) is 16.7 Å². The Kier molecular flexibility index (Phi) is 2.88. The Morgan fingerprint density at radius 2 is 1.64 bits per heavy atom. The van der Waals surface area contributed by atoms with E-state index in [1.54, 1.807) is 6.33 Å². The Hall–Kier alpha value is -3.27. The van der Waals surface area contributed by atoms with Crippen molar-refractivity contribution in [3.63, 3.8) is 0 Å². The number of nitrogens with zero attached hydrogens (tertiary/aromatic N) is 4. The van der Waals surface area contributed by atoms with Crippen LogP contribution in [0, 0.1) is 13.8 Å². The lowest BCUT2D eigenvalue weighted by Crippen LogP contribution is -1.92. The molecule has 0 aliphatic heterocycles. The fraction of sp³-hybridized carbons (Fsp3) is 0.0952. The molecule has 0 aliphatic carbocycles. The van der Waals surface area contributed by atoms with Crippen molar-refractivity contribution >= 4 is 27.5 Å². The van der Waals surface area contributed by atoms with Gasteiger partial charge in [-0.3, -0.25) is 4.40 Å². The van der Waals surface area contributed by atoms with Gasteiger partial charge in [0.15, 0.2) is 0 Å². The van der Waals surface area contributed by atoms with E-state index in [4.69, 9.17) is 4.98 Å². The lowest BCUT2D eigenvalue weighted by molar-refractivity contribution is 1.17. The van der Waals surface area contributed by atoms with E-state index < -0.39 is 0 Å². The van der Waals surface area contributed by atoms with Gasteiger partial charge in [0.25, 0.3) is 0 Å². The molecule has 0 aliphatic rings. The lowest BCUT2D eigenvalue weighted by atomic mass is 10.0.